The van der Waals surface area contributed by atoms with E-state index < -0.39 is 0 Å². The summed E-state index contributed by atoms with van der Waals surface area (Å²) in [4.78, 5) is 14.7. The van der Waals surface area contributed by atoms with Gasteiger partial charge in [-0.25, -0.2) is 0 Å². The Balaban J connectivity index is 2.18. The van der Waals surface area contributed by atoms with Crippen molar-refractivity contribution in [1.29, 1.82) is 0 Å². The van der Waals surface area contributed by atoms with Crippen molar-refractivity contribution in [3.8, 4) is 11.5 Å². The largest absolute Gasteiger partial charge is 0.486 e. The Bertz CT molecular complexity index is 648. The number of ether oxygens (including phenoxy) is 2. The quantitative estimate of drug-likeness (QED) is 0.821. The Labute approximate surface area is 104 Å². The van der Waals surface area contributed by atoms with Crippen LogP contribution in [0.2, 0.25) is 0 Å². The van der Waals surface area contributed by atoms with Crippen LogP contribution in [0.15, 0.2) is 23.0 Å². The van der Waals surface area contributed by atoms with E-state index in [2.05, 4.69) is 4.98 Å². The second-order valence-electron chi connectivity index (χ2n) is 4.25. The van der Waals surface area contributed by atoms with E-state index in [4.69, 9.17) is 15.2 Å². The van der Waals surface area contributed by atoms with Gasteiger partial charge in [-0.2, -0.15) is 0 Å². The average molecular weight is 246 g/mol. The third-order valence-corrected chi connectivity index (χ3v) is 3.00. The van der Waals surface area contributed by atoms with Gasteiger partial charge in [0.25, 0.3) is 5.56 Å². The van der Waals surface area contributed by atoms with E-state index in [1.807, 2.05) is 12.1 Å². The van der Waals surface area contributed by atoms with E-state index in [1.165, 1.54) is 0 Å². The van der Waals surface area contributed by atoms with Crippen molar-refractivity contribution in [3.63, 3.8) is 0 Å². The molecule has 1 aromatic carbocycles. The first kappa shape index (κ1) is 11.1. The number of hydrogen-bond donors (Lipinski definition) is 2. The Hall–Kier alpha value is -2.01. The number of fused-ring (bicyclic) bond motifs is 2. The van der Waals surface area contributed by atoms with E-state index in [-0.39, 0.29) is 5.56 Å². The molecule has 0 saturated heterocycles. The molecular weight excluding hydrogens is 232 g/mol. The number of aromatic amines is 1. The third-order valence-electron chi connectivity index (χ3n) is 3.00. The van der Waals surface area contributed by atoms with Crippen LogP contribution in [0.3, 0.4) is 0 Å². The number of pyridine rings is 1. The van der Waals surface area contributed by atoms with Gasteiger partial charge in [-0.3, -0.25) is 4.79 Å². The Morgan fingerprint density at radius 3 is 2.61 bits per heavy atom. The molecule has 0 saturated carbocycles. The number of hydrogen-bond acceptors (Lipinski definition) is 4. The summed E-state index contributed by atoms with van der Waals surface area (Å²) in [5.74, 6) is 1.40. The normalized spacial score (nSPS) is 13.8. The molecule has 5 nitrogen and oxygen atoms in total. The van der Waals surface area contributed by atoms with Crippen molar-refractivity contribution < 1.29 is 9.47 Å². The standard InChI is InChI=1S/C13H14N2O3/c14-2-1-8-5-9-6-11-12(18-4-3-17-11)7-10(9)15-13(8)16/h5-7H,1-4,14H2,(H,15,16). The number of benzene rings is 1. The second kappa shape index (κ2) is 4.34. The topological polar surface area (TPSA) is 77.3 Å². The minimum atomic E-state index is -0.0929. The SMILES string of the molecule is NCCc1cc2cc3c(cc2[nH]c1=O)OCCO3. The molecule has 1 aliphatic heterocycles. The molecule has 0 spiro atoms. The van der Waals surface area contributed by atoms with Crippen LogP contribution in [-0.2, 0) is 6.42 Å². The fourth-order valence-electron chi connectivity index (χ4n) is 2.13. The molecule has 5 heteroatoms. The number of nitrogens with one attached hydrogen (secondary N) is 1. The highest BCUT2D eigenvalue weighted by Gasteiger charge is 2.13. The van der Waals surface area contributed by atoms with E-state index in [9.17, 15) is 4.79 Å². The lowest BCUT2D eigenvalue weighted by Crippen LogP contribution is -2.17. The van der Waals surface area contributed by atoms with Crippen LogP contribution in [0.25, 0.3) is 10.9 Å². The van der Waals surface area contributed by atoms with Crippen molar-refractivity contribution in [2.75, 3.05) is 19.8 Å². The first-order valence-corrected chi connectivity index (χ1v) is 5.93. The first-order chi connectivity index (χ1) is 8.78. The summed E-state index contributed by atoms with van der Waals surface area (Å²) >= 11 is 0. The van der Waals surface area contributed by atoms with Crippen LogP contribution in [0, 0.1) is 0 Å². The molecule has 0 aliphatic carbocycles. The molecule has 0 radical (unpaired) electrons. The first-order valence-electron chi connectivity index (χ1n) is 5.93. The summed E-state index contributed by atoms with van der Waals surface area (Å²) < 4.78 is 11.0. The minimum Gasteiger partial charge on any atom is -0.486 e. The van der Waals surface area contributed by atoms with Crippen LogP contribution in [0.4, 0.5) is 0 Å². The molecule has 18 heavy (non-hydrogen) atoms. The molecule has 2 aromatic rings. The molecule has 0 amide bonds. The number of H-pyrrole nitrogens is 1. The van der Waals surface area contributed by atoms with Gasteiger partial charge in [0.05, 0.1) is 5.52 Å². The molecular formula is C13H14N2O3. The minimum absolute atomic E-state index is 0.0929. The highest BCUT2D eigenvalue weighted by molar-refractivity contribution is 5.83. The van der Waals surface area contributed by atoms with Gasteiger partial charge in [-0.1, -0.05) is 0 Å². The van der Waals surface area contributed by atoms with Crippen molar-refractivity contribution in [2.45, 2.75) is 6.42 Å². The van der Waals surface area contributed by atoms with Crippen LogP contribution in [-0.4, -0.2) is 24.7 Å². The average Bonchev–Trinajstić information content (AvgIpc) is 2.38. The summed E-state index contributed by atoms with van der Waals surface area (Å²) in [5.41, 5.74) is 6.84. The predicted octanol–water partition coefficient (Wildman–Crippen LogP) is 0.800. The lowest BCUT2D eigenvalue weighted by Gasteiger charge is -2.18. The summed E-state index contributed by atoms with van der Waals surface area (Å²) in [7, 11) is 0. The summed E-state index contributed by atoms with van der Waals surface area (Å²) in [6.07, 6.45) is 0.569. The van der Waals surface area contributed by atoms with Gasteiger partial charge in [-0.05, 0) is 25.1 Å². The van der Waals surface area contributed by atoms with Crippen molar-refractivity contribution in [2.24, 2.45) is 5.73 Å². The molecule has 1 aliphatic rings. The smallest absolute Gasteiger partial charge is 0.251 e. The zero-order chi connectivity index (χ0) is 12.5. The number of aromatic nitrogens is 1. The molecule has 0 bridgehead atoms. The molecule has 1 aromatic heterocycles. The predicted molar refractivity (Wildman–Crippen MR) is 68.3 cm³/mol. The van der Waals surface area contributed by atoms with Crippen molar-refractivity contribution in [3.05, 3.63) is 34.1 Å². The fraction of sp³-hybridized carbons (Fsp3) is 0.308. The molecule has 0 fully saturated rings. The van der Waals surface area contributed by atoms with Crippen molar-refractivity contribution >= 4 is 10.9 Å². The van der Waals surface area contributed by atoms with Gasteiger partial charge in [-0.15, -0.1) is 0 Å². The summed E-state index contributed by atoms with van der Waals surface area (Å²) in [5, 5.41) is 0.933. The van der Waals surface area contributed by atoms with Gasteiger partial charge < -0.3 is 20.2 Å². The summed E-state index contributed by atoms with van der Waals surface area (Å²) in [6, 6.07) is 5.55. The van der Waals surface area contributed by atoms with Gasteiger partial charge >= 0.3 is 0 Å². The number of rotatable bonds is 2. The zero-order valence-electron chi connectivity index (χ0n) is 9.86. The molecule has 3 N–H and O–H groups in total. The Morgan fingerprint density at radius 2 is 1.89 bits per heavy atom. The Kier molecular flexibility index (Phi) is 2.68. The van der Waals surface area contributed by atoms with Crippen LogP contribution < -0.4 is 20.8 Å². The van der Waals surface area contributed by atoms with Gasteiger partial charge in [0.1, 0.15) is 13.2 Å². The van der Waals surface area contributed by atoms with Gasteiger partial charge in [0.2, 0.25) is 0 Å². The van der Waals surface area contributed by atoms with Crippen molar-refractivity contribution in [1.82, 2.24) is 4.98 Å². The fourth-order valence-corrected chi connectivity index (χ4v) is 2.13. The van der Waals surface area contributed by atoms with E-state index in [0.717, 1.165) is 16.7 Å². The van der Waals surface area contributed by atoms with E-state index in [1.54, 1.807) is 6.07 Å². The molecule has 2 heterocycles. The Morgan fingerprint density at radius 1 is 1.17 bits per heavy atom. The monoisotopic (exact) mass is 246 g/mol. The van der Waals surface area contributed by atoms with E-state index >= 15 is 0 Å². The number of nitrogens with two attached hydrogens (primary N) is 1. The third kappa shape index (κ3) is 1.82. The van der Waals surface area contributed by atoms with Crippen LogP contribution >= 0.6 is 0 Å². The molecule has 94 valence electrons. The lowest BCUT2D eigenvalue weighted by atomic mass is 10.1. The molecule has 3 rings (SSSR count). The highest BCUT2D eigenvalue weighted by atomic mass is 16.6. The lowest BCUT2D eigenvalue weighted by molar-refractivity contribution is 0.172. The van der Waals surface area contributed by atoms with Gasteiger partial charge in [0.15, 0.2) is 11.5 Å². The second-order valence-corrected chi connectivity index (χ2v) is 4.25. The zero-order valence-corrected chi connectivity index (χ0v) is 9.86. The van der Waals surface area contributed by atoms with Crippen LogP contribution in [0.5, 0.6) is 11.5 Å². The summed E-state index contributed by atoms with van der Waals surface area (Å²) in [6.45, 7) is 1.55. The van der Waals surface area contributed by atoms with Gasteiger partial charge in [0, 0.05) is 17.0 Å². The molecule has 0 unspecified atom stereocenters. The molecule has 0 atom stereocenters. The maximum atomic E-state index is 11.8. The highest BCUT2D eigenvalue weighted by Crippen LogP contribution is 2.33. The maximum Gasteiger partial charge on any atom is 0.251 e. The van der Waals surface area contributed by atoms with E-state index in [0.29, 0.717) is 37.5 Å². The maximum absolute atomic E-state index is 11.8. The van der Waals surface area contributed by atoms with Crippen LogP contribution in [0.1, 0.15) is 5.56 Å².